The van der Waals surface area contributed by atoms with Gasteiger partial charge in [0.2, 0.25) is 11.8 Å². The van der Waals surface area contributed by atoms with Crippen molar-refractivity contribution in [3.05, 3.63) is 22.3 Å². The molecule has 1 aliphatic carbocycles. The van der Waals surface area contributed by atoms with Crippen LogP contribution in [-0.2, 0) is 11.2 Å². The highest BCUT2D eigenvalue weighted by molar-refractivity contribution is 6.29. The van der Waals surface area contributed by atoms with Gasteiger partial charge in [-0.2, -0.15) is 0 Å². The van der Waals surface area contributed by atoms with Crippen molar-refractivity contribution in [2.45, 2.75) is 37.8 Å². The summed E-state index contributed by atoms with van der Waals surface area (Å²) < 4.78 is 5.35. The number of carbonyl (C=O) groups is 1. The molecule has 0 aromatic carbocycles. The van der Waals surface area contributed by atoms with Gasteiger partial charge in [-0.1, -0.05) is 11.6 Å². The van der Waals surface area contributed by atoms with Crippen LogP contribution in [0.25, 0.3) is 0 Å². The summed E-state index contributed by atoms with van der Waals surface area (Å²) in [7, 11) is 1.62. The second kappa shape index (κ2) is 5.58. The molecule has 1 aromatic heterocycles. The standard InChI is InChI=1S/C14H18ClN3O2/c1-20-14-13-8(6-11(15)18-14)2-4-10(13)16-7-9-3-5-12(19)17-9/h6,9-10,16H,2-5,7H2,1H3,(H,17,19)/t9-,10?/m1/s1. The van der Waals surface area contributed by atoms with E-state index in [0.29, 0.717) is 17.5 Å². The molecule has 6 heteroatoms. The van der Waals surface area contributed by atoms with Crippen molar-refractivity contribution in [1.82, 2.24) is 15.6 Å². The summed E-state index contributed by atoms with van der Waals surface area (Å²) in [5.74, 6) is 0.757. The monoisotopic (exact) mass is 295 g/mol. The smallest absolute Gasteiger partial charge is 0.220 e. The fourth-order valence-electron chi connectivity index (χ4n) is 3.05. The number of rotatable bonds is 4. The summed E-state index contributed by atoms with van der Waals surface area (Å²) in [6.45, 7) is 0.779. The van der Waals surface area contributed by atoms with Gasteiger partial charge in [0, 0.05) is 30.6 Å². The Morgan fingerprint density at radius 2 is 2.35 bits per heavy atom. The van der Waals surface area contributed by atoms with Gasteiger partial charge in [0.15, 0.2) is 0 Å². The molecule has 2 atom stereocenters. The molecule has 3 rings (SSSR count). The largest absolute Gasteiger partial charge is 0.481 e. The second-order valence-corrected chi connectivity index (χ2v) is 5.72. The molecule has 5 nitrogen and oxygen atoms in total. The quantitative estimate of drug-likeness (QED) is 0.828. The molecule has 0 spiro atoms. The summed E-state index contributed by atoms with van der Waals surface area (Å²) in [5.41, 5.74) is 2.32. The summed E-state index contributed by atoms with van der Waals surface area (Å²) in [6.07, 6.45) is 3.52. The maximum atomic E-state index is 11.2. The zero-order chi connectivity index (χ0) is 14.1. The molecule has 1 amide bonds. The Labute approximate surface area is 123 Å². The number of methoxy groups -OCH3 is 1. The molecule has 2 aliphatic rings. The summed E-state index contributed by atoms with van der Waals surface area (Å²) >= 11 is 5.99. The fourth-order valence-corrected chi connectivity index (χ4v) is 3.26. The van der Waals surface area contributed by atoms with Gasteiger partial charge in [0.05, 0.1) is 7.11 Å². The minimum absolute atomic E-state index is 0.148. The molecule has 108 valence electrons. The van der Waals surface area contributed by atoms with E-state index in [1.807, 2.05) is 6.07 Å². The normalized spacial score (nSPS) is 24.6. The maximum Gasteiger partial charge on any atom is 0.220 e. The van der Waals surface area contributed by atoms with Gasteiger partial charge in [-0.3, -0.25) is 4.79 Å². The van der Waals surface area contributed by atoms with Crippen molar-refractivity contribution in [2.75, 3.05) is 13.7 Å². The highest BCUT2D eigenvalue weighted by Crippen LogP contribution is 2.38. The van der Waals surface area contributed by atoms with Crippen LogP contribution in [0.2, 0.25) is 5.15 Å². The average Bonchev–Trinajstić information content (AvgIpc) is 3.01. The number of fused-ring (bicyclic) bond motifs is 1. The van der Waals surface area contributed by atoms with Gasteiger partial charge < -0.3 is 15.4 Å². The van der Waals surface area contributed by atoms with E-state index in [1.165, 1.54) is 5.56 Å². The van der Waals surface area contributed by atoms with Crippen molar-refractivity contribution in [3.8, 4) is 5.88 Å². The van der Waals surface area contributed by atoms with E-state index in [-0.39, 0.29) is 18.0 Å². The van der Waals surface area contributed by atoms with Crippen molar-refractivity contribution < 1.29 is 9.53 Å². The zero-order valence-electron chi connectivity index (χ0n) is 11.4. The molecule has 2 N–H and O–H groups in total. The minimum atomic E-state index is 0.148. The van der Waals surface area contributed by atoms with Gasteiger partial charge in [-0.25, -0.2) is 4.98 Å². The van der Waals surface area contributed by atoms with Crippen LogP contribution in [-0.4, -0.2) is 30.6 Å². The highest BCUT2D eigenvalue weighted by Gasteiger charge is 2.29. The van der Waals surface area contributed by atoms with E-state index in [4.69, 9.17) is 16.3 Å². The molecule has 2 heterocycles. The Balaban J connectivity index is 1.71. The lowest BCUT2D eigenvalue weighted by molar-refractivity contribution is -0.119. The lowest BCUT2D eigenvalue weighted by Crippen LogP contribution is -2.36. The minimum Gasteiger partial charge on any atom is -0.481 e. The molecule has 1 aliphatic heterocycles. The number of aromatic nitrogens is 1. The number of hydrogen-bond donors (Lipinski definition) is 2. The zero-order valence-corrected chi connectivity index (χ0v) is 12.2. The number of amides is 1. The SMILES string of the molecule is COc1nc(Cl)cc2c1C(NC[C@H]1CCC(=O)N1)CC2. The van der Waals surface area contributed by atoms with Gasteiger partial charge in [-0.05, 0) is 30.9 Å². The third kappa shape index (κ3) is 2.60. The number of nitrogens with one attached hydrogen (secondary N) is 2. The van der Waals surface area contributed by atoms with Crippen LogP contribution in [0.3, 0.4) is 0 Å². The van der Waals surface area contributed by atoms with E-state index in [1.54, 1.807) is 7.11 Å². The molecule has 1 aromatic rings. The molecule has 0 saturated carbocycles. The Kier molecular flexibility index (Phi) is 3.81. The Morgan fingerprint density at radius 1 is 1.50 bits per heavy atom. The Bertz CT molecular complexity index is 535. The molecule has 1 fully saturated rings. The van der Waals surface area contributed by atoms with E-state index < -0.39 is 0 Å². The first-order chi connectivity index (χ1) is 9.67. The summed E-state index contributed by atoms with van der Waals surface area (Å²) in [5, 5.41) is 6.96. The van der Waals surface area contributed by atoms with Crippen molar-refractivity contribution in [1.29, 1.82) is 0 Å². The molecule has 20 heavy (non-hydrogen) atoms. The lowest BCUT2D eigenvalue weighted by atomic mass is 10.1. The maximum absolute atomic E-state index is 11.2. The van der Waals surface area contributed by atoms with Crippen LogP contribution < -0.4 is 15.4 Å². The molecular weight excluding hydrogens is 278 g/mol. The molecule has 1 saturated heterocycles. The van der Waals surface area contributed by atoms with Crippen LogP contribution in [0.15, 0.2) is 6.07 Å². The predicted octanol–water partition coefficient (Wildman–Crippen LogP) is 1.60. The van der Waals surface area contributed by atoms with E-state index >= 15 is 0 Å². The average molecular weight is 296 g/mol. The number of nitrogens with zero attached hydrogens (tertiary/aromatic N) is 1. The Morgan fingerprint density at radius 3 is 3.05 bits per heavy atom. The molecule has 1 unspecified atom stereocenters. The number of pyridine rings is 1. The highest BCUT2D eigenvalue weighted by atomic mass is 35.5. The Hall–Kier alpha value is -1.33. The molecule has 0 bridgehead atoms. The van der Waals surface area contributed by atoms with E-state index in [9.17, 15) is 4.79 Å². The van der Waals surface area contributed by atoms with Crippen LogP contribution >= 0.6 is 11.6 Å². The first-order valence-electron chi connectivity index (χ1n) is 6.93. The van der Waals surface area contributed by atoms with E-state index in [2.05, 4.69) is 15.6 Å². The van der Waals surface area contributed by atoms with Gasteiger partial charge >= 0.3 is 0 Å². The van der Waals surface area contributed by atoms with Crippen LogP contribution in [0.5, 0.6) is 5.88 Å². The molecule has 0 radical (unpaired) electrons. The second-order valence-electron chi connectivity index (χ2n) is 5.33. The van der Waals surface area contributed by atoms with Crippen molar-refractivity contribution in [2.24, 2.45) is 0 Å². The number of hydrogen-bond acceptors (Lipinski definition) is 4. The lowest BCUT2D eigenvalue weighted by Gasteiger charge is -2.19. The van der Waals surface area contributed by atoms with Crippen LogP contribution in [0, 0.1) is 0 Å². The number of halogens is 1. The topological polar surface area (TPSA) is 63.2 Å². The third-order valence-corrected chi connectivity index (χ3v) is 4.21. The fraction of sp³-hybridized carbons (Fsp3) is 0.571. The van der Waals surface area contributed by atoms with Crippen molar-refractivity contribution >= 4 is 17.5 Å². The van der Waals surface area contributed by atoms with Gasteiger partial charge in [0.25, 0.3) is 0 Å². The van der Waals surface area contributed by atoms with Crippen molar-refractivity contribution in [3.63, 3.8) is 0 Å². The van der Waals surface area contributed by atoms with E-state index in [0.717, 1.165) is 31.4 Å². The number of carbonyl (C=O) groups excluding carboxylic acids is 1. The van der Waals surface area contributed by atoms with Crippen LogP contribution in [0.4, 0.5) is 0 Å². The van der Waals surface area contributed by atoms with Gasteiger partial charge in [-0.15, -0.1) is 0 Å². The molecular formula is C14H18ClN3O2. The third-order valence-electron chi connectivity index (χ3n) is 4.02. The number of aryl methyl sites for hydroxylation is 1. The first-order valence-corrected chi connectivity index (χ1v) is 7.31. The van der Waals surface area contributed by atoms with Gasteiger partial charge in [0.1, 0.15) is 5.15 Å². The summed E-state index contributed by atoms with van der Waals surface area (Å²) in [4.78, 5) is 15.4. The summed E-state index contributed by atoms with van der Waals surface area (Å²) in [6, 6.07) is 2.37. The first kappa shape index (κ1) is 13.6. The predicted molar refractivity (Wildman–Crippen MR) is 76.0 cm³/mol. The van der Waals surface area contributed by atoms with Crippen LogP contribution in [0.1, 0.15) is 36.4 Å². The number of ether oxygens (including phenoxy) is 1.